The third-order valence-corrected chi connectivity index (χ3v) is 2.91. The number of nitrogens with zero attached hydrogens (tertiary/aromatic N) is 3. The van der Waals surface area contributed by atoms with Gasteiger partial charge < -0.3 is 0 Å². The normalized spacial score (nSPS) is 10.6. The van der Waals surface area contributed by atoms with Crippen molar-refractivity contribution in [3.05, 3.63) is 38.9 Å². The molecule has 6 nitrogen and oxygen atoms in total. The maximum absolute atomic E-state index is 13.3. The van der Waals surface area contributed by atoms with Gasteiger partial charge in [-0.25, -0.2) is 4.39 Å². The molecule has 0 unspecified atom stereocenters. The monoisotopic (exact) mass is 282 g/mol. The average molecular weight is 282 g/mol. The van der Waals surface area contributed by atoms with Crippen LogP contribution in [0.1, 0.15) is 13.3 Å². The fourth-order valence-electron chi connectivity index (χ4n) is 1.80. The van der Waals surface area contributed by atoms with Crippen molar-refractivity contribution in [1.82, 2.24) is 14.8 Å². The molecule has 0 saturated carbocycles. The number of rotatable bonds is 4. The molecule has 8 heteroatoms. The fraction of sp³-hybridized carbons (Fsp3) is 0.273. The molecule has 100 valence electrons. The first-order valence-corrected chi connectivity index (χ1v) is 6.05. The highest BCUT2D eigenvalue weighted by Gasteiger charge is 2.20. The van der Waals surface area contributed by atoms with Gasteiger partial charge in [0, 0.05) is 12.6 Å². The van der Waals surface area contributed by atoms with E-state index in [0.29, 0.717) is 11.3 Å². The minimum Gasteiger partial charge on any atom is -0.300 e. The van der Waals surface area contributed by atoms with Gasteiger partial charge in [0.2, 0.25) is 0 Å². The second-order valence-corrected chi connectivity index (χ2v) is 4.31. The molecule has 0 fully saturated rings. The van der Waals surface area contributed by atoms with Gasteiger partial charge in [-0.1, -0.05) is 6.92 Å². The highest BCUT2D eigenvalue weighted by molar-refractivity contribution is 7.71. The summed E-state index contributed by atoms with van der Waals surface area (Å²) in [6.45, 7) is 2.50. The van der Waals surface area contributed by atoms with Crippen LogP contribution in [0.3, 0.4) is 0 Å². The number of nitro groups is 1. The molecule has 1 aromatic heterocycles. The molecular weight excluding hydrogens is 271 g/mol. The Kier molecular flexibility index (Phi) is 3.70. The largest absolute Gasteiger partial charge is 0.300 e. The lowest BCUT2D eigenvalue weighted by molar-refractivity contribution is -0.384. The molecule has 1 heterocycles. The SMILES string of the molecule is CCCn1c(-c2cc(F)ccc2[N+](=O)[O-])n[nH]c1=S. The Morgan fingerprint density at radius 1 is 1.58 bits per heavy atom. The third-order valence-electron chi connectivity index (χ3n) is 2.60. The van der Waals surface area contributed by atoms with Crippen LogP contribution in [0.4, 0.5) is 10.1 Å². The van der Waals surface area contributed by atoms with Crippen LogP contribution < -0.4 is 0 Å². The van der Waals surface area contributed by atoms with Gasteiger partial charge in [0.1, 0.15) is 5.82 Å². The Morgan fingerprint density at radius 3 is 2.95 bits per heavy atom. The van der Waals surface area contributed by atoms with Crippen molar-refractivity contribution in [2.75, 3.05) is 0 Å². The summed E-state index contributed by atoms with van der Waals surface area (Å²) in [7, 11) is 0. The molecule has 0 radical (unpaired) electrons. The molecule has 0 bridgehead atoms. The van der Waals surface area contributed by atoms with Crippen molar-refractivity contribution in [2.24, 2.45) is 0 Å². The standard InChI is InChI=1S/C11H11FN4O2S/c1-2-5-15-10(13-14-11(15)19)8-6-7(12)3-4-9(8)16(17)18/h3-4,6H,2,5H2,1H3,(H,14,19). The number of nitro benzene ring substituents is 1. The maximum Gasteiger partial charge on any atom is 0.280 e. The number of nitrogens with one attached hydrogen (secondary N) is 1. The van der Waals surface area contributed by atoms with E-state index in [9.17, 15) is 14.5 Å². The topological polar surface area (TPSA) is 76.8 Å². The minimum atomic E-state index is -0.567. The lowest BCUT2D eigenvalue weighted by Crippen LogP contribution is -2.02. The number of aromatic amines is 1. The molecule has 0 aliphatic carbocycles. The van der Waals surface area contributed by atoms with E-state index in [1.807, 2.05) is 6.92 Å². The summed E-state index contributed by atoms with van der Waals surface area (Å²) in [6.07, 6.45) is 0.782. The minimum absolute atomic E-state index is 0.116. The first-order valence-electron chi connectivity index (χ1n) is 5.64. The van der Waals surface area contributed by atoms with Gasteiger partial charge in [0.05, 0.1) is 10.5 Å². The molecule has 0 atom stereocenters. The van der Waals surface area contributed by atoms with Gasteiger partial charge in [-0.2, -0.15) is 5.10 Å². The van der Waals surface area contributed by atoms with Crippen LogP contribution in [0.5, 0.6) is 0 Å². The third kappa shape index (κ3) is 2.53. The van der Waals surface area contributed by atoms with Crippen LogP contribution >= 0.6 is 12.2 Å². The van der Waals surface area contributed by atoms with Crippen molar-refractivity contribution in [1.29, 1.82) is 0 Å². The highest BCUT2D eigenvalue weighted by Crippen LogP contribution is 2.29. The lowest BCUT2D eigenvalue weighted by atomic mass is 10.1. The zero-order valence-electron chi connectivity index (χ0n) is 10.1. The smallest absolute Gasteiger partial charge is 0.280 e. The molecule has 0 aliphatic heterocycles. The van der Waals surface area contributed by atoms with Gasteiger partial charge in [-0.05, 0) is 30.8 Å². The van der Waals surface area contributed by atoms with Crippen LogP contribution in [0.25, 0.3) is 11.4 Å². The summed E-state index contributed by atoms with van der Waals surface area (Å²) in [4.78, 5) is 10.4. The van der Waals surface area contributed by atoms with Crippen LogP contribution in [-0.4, -0.2) is 19.7 Å². The second kappa shape index (κ2) is 5.27. The van der Waals surface area contributed by atoms with Gasteiger partial charge in [-0.15, -0.1) is 0 Å². The van der Waals surface area contributed by atoms with E-state index in [-0.39, 0.29) is 17.1 Å². The molecule has 0 aliphatic rings. The summed E-state index contributed by atoms with van der Waals surface area (Å²) in [5, 5.41) is 17.5. The summed E-state index contributed by atoms with van der Waals surface area (Å²) in [5.41, 5.74) is -0.0847. The molecule has 0 amide bonds. The van der Waals surface area contributed by atoms with E-state index in [1.54, 1.807) is 4.57 Å². The first-order chi connectivity index (χ1) is 9.04. The van der Waals surface area contributed by atoms with Crippen LogP contribution in [0, 0.1) is 20.7 Å². The molecule has 0 saturated heterocycles. The number of aromatic nitrogens is 3. The molecule has 1 aromatic carbocycles. The molecule has 2 rings (SSSR count). The molecule has 1 N–H and O–H groups in total. The maximum atomic E-state index is 13.3. The van der Waals surface area contributed by atoms with E-state index in [4.69, 9.17) is 12.2 Å². The van der Waals surface area contributed by atoms with Crippen molar-refractivity contribution < 1.29 is 9.31 Å². The molecule has 0 spiro atoms. The van der Waals surface area contributed by atoms with E-state index < -0.39 is 10.7 Å². The Balaban J connectivity index is 2.67. The van der Waals surface area contributed by atoms with E-state index >= 15 is 0 Å². The summed E-state index contributed by atoms with van der Waals surface area (Å²) >= 11 is 5.06. The van der Waals surface area contributed by atoms with E-state index in [1.165, 1.54) is 0 Å². The van der Waals surface area contributed by atoms with Gasteiger partial charge in [-0.3, -0.25) is 19.8 Å². The van der Waals surface area contributed by atoms with Gasteiger partial charge >= 0.3 is 0 Å². The first kappa shape index (κ1) is 13.3. The van der Waals surface area contributed by atoms with E-state index in [0.717, 1.165) is 24.6 Å². The van der Waals surface area contributed by atoms with Gasteiger partial charge in [0.25, 0.3) is 5.69 Å². The molecule has 19 heavy (non-hydrogen) atoms. The van der Waals surface area contributed by atoms with Crippen LogP contribution in [0.15, 0.2) is 18.2 Å². The number of benzene rings is 1. The highest BCUT2D eigenvalue weighted by atomic mass is 32.1. The number of H-pyrrole nitrogens is 1. The van der Waals surface area contributed by atoms with Crippen molar-refractivity contribution in [2.45, 2.75) is 19.9 Å². The van der Waals surface area contributed by atoms with Crippen molar-refractivity contribution in [3.63, 3.8) is 0 Å². The van der Waals surface area contributed by atoms with Crippen molar-refractivity contribution >= 4 is 17.9 Å². The second-order valence-electron chi connectivity index (χ2n) is 3.92. The van der Waals surface area contributed by atoms with Crippen LogP contribution in [0.2, 0.25) is 0 Å². The van der Waals surface area contributed by atoms with Crippen LogP contribution in [-0.2, 0) is 6.54 Å². The Bertz CT molecular complexity index is 680. The Hall–Kier alpha value is -2.09. The Labute approximate surface area is 113 Å². The quantitative estimate of drug-likeness (QED) is 0.531. The molecule has 2 aromatic rings. The predicted molar refractivity (Wildman–Crippen MR) is 69.8 cm³/mol. The number of hydrogen-bond acceptors (Lipinski definition) is 4. The zero-order valence-corrected chi connectivity index (χ0v) is 10.9. The molecular formula is C11H11FN4O2S. The number of halogens is 1. The summed E-state index contributed by atoms with van der Waals surface area (Å²) < 4.78 is 15.3. The fourth-order valence-corrected chi connectivity index (χ4v) is 2.02. The average Bonchev–Trinajstić information content (AvgIpc) is 2.71. The lowest BCUT2D eigenvalue weighted by Gasteiger charge is -2.05. The van der Waals surface area contributed by atoms with E-state index in [2.05, 4.69) is 10.2 Å². The Morgan fingerprint density at radius 2 is 2.32 bits per heavy atom. The summed E-state index contributed by atoms with van der Waals surface area (Å²) in [6, 6.07) is 3.26. The van der Waals surface area contributed by atoms with Gasteiger partial charge in [0.15, 0.2) is 10.6 Å². The zero-order chi connectivity index (χ0) is 14.0. The number of hydrogen-bond donors (Lipinski definition) is 1. The van der Waals surface area contributed by atoms with Crippen molar-refractivity contribution in [3.8, 4) is 11.4 Å². The predicted octanol–water partition coefficient (Wildman–Crippen LogP) is 3.06. The summed E-state index contributed by atoms with van der Waals surface area (Å²) in [5.74, 6) is -0.282.